The van der Waals surface area contributed by atoms with Crippen molar-refractivity contribution < 1.29 is 14.3 Å². The maximum atomic E-state index is 12.1. The number of aromatic amines is 1. The van der Waals surface area contributed by atoms with Crippen molar-refractivity contribution in [2.45, 2.75) is 13.8 Å². The summed E-state index contributed by atoms with van der Waals surface area (Å²) in [6.07, 6.45) is 0. The van der Waals surface area contributed by atoms with Crippen LogP contribution in [0.3, 0.4) is 0 Å². The molecule has 0 atom stereocenters. The van der Waals surface area contributed by atoms with E-state index in [1.807, 2.05) is 13.8 Å². The fraction of sp³-hybridized carbons (Fsp3) is 0.286. The van der Waals surface area contributed by atoms with E-state index in [4.69, 9.17) is 4.74 Å². The van der Waals surface area contributed by atoms with E-state index in [9.17, 15) is 9.59 Å². The number of ether oxygens (including phenoxy) is 2. The highest BCUT2D eigenvalue weighted by molar-refractivity contribution is 5.92. The lowest BCUT2D eigenvalue weighted by Crippen LogP contribution is -2.12. The molecule has 1 heterocycles. The molecule has 1 aromatic carbocycles. The zero-order valence-electron chi connectivity index (χ0n) is 11.3. The second-order valence-corrected chi connectivity index (χ2v) is 4.31. The summed E-state index contributed by atoms with van der Waals surface area (Å²) in [4.78, 5) is 26.5. The quantitative estimate of drug-likeness (QED) is 0.839. The molecule has 0 aliphatic carbocycles. The predicted molar refractivity (Wildman–Crippen MR) is 71.9 cm³/mol. The molecule has 0 aliphatic heterocycles. The Morgan fingerprint density at radius 1 is 1.21 bits per heavy atom. The number of methoxy groups -OCH3 is 2. The van der Waals surface area contributed by atoms with Crippen LogP contribution in [-0.4, -0.2) is 25.2 Å². The second-order valence-electron chi connectivity index (χ2n) is 4.31. The van der Waals surface area contributed by atoms with Crippen molar-refractivity contribution in [2.24, 2.45) is 0 Å². The van der Waals surface area contributed by atoms with Crippen LogP contribution in [0.1, 0.15) is 21.6 Å². The molecule has 5 heteroatoms. The SMILES string of the molecule is COC(=O)c1cc(=O)c2cc(C)c(OC)c(C)c2[nH]1. The molecule has 100 valence electrons. The van der Waals surface area contributed by atoms with Crippen LogP contribution in [0.15, 0.2) is 16.9 Å². The largest absolute Gasteiger partial charge is 0.496 e. The fourth-order valence-corrected chi connectivity index (χ4v) is 2.23. The highest BCUT2D eigenvalue weighted by atomic mass is 16.5. The molecule has 1 N–H and O–H groups in total. The number of carbonyl (C=O) groups excluding carboxylic acids is 1. The Hall–Kier alpha value is -2.30. The topological polar surface area (TPSA) is 68.4 Å². The maximum absolute atomic E-state index is 12.1. The lowest BCUT2D eigenvalue weighted by molar-refractivity contribution is 0.0594. The molecule has 5 nitrogen and oxygen atoms in total. The first kappa shape index (κ1) is 13.1. The van der Waals surface area contributed by atoms with Crippen LogP contribution in [0.5, 0.6) is 5.75 Å². The van der Waals surface area contributed by atoms with Gasteiger partial charge < -0.3 is 14.5 Å². The van der Waals surface area contributed by atoms with Crippen LogP contribution < -0.4 is 10.2 Å². The molecule has 0 fully saturated rings. The van der Waals surface area contributed by atoms with Gasteiger partial charge in [0.1, 0.15) is 11.4 Å². The number of rotatable bonds is 2. The molecule has 0 amide bonds. The molecular formula is C14H15NO4. The van der Waals surface area contributed by atoms with Crippen molar-refractivity contribution in [3.05, 3.63) is 39.2 Å². The number of carbonyl (C=O) groups is 1. The average molecular weight is 261 g/mol. The molecule has 0 bridgehead atoms. The summed E-state index contributed by atoms with van der Waals surface area (Å²) < 4.78 is 9.93. The summed E-state index contributed by atoms with van der Waals surface area (Å²) in [5.41, 5.74) is 2.18. The average Bonchev–Trinajstić information content (AvgIpc) is 2.39. The number of hydrogen-bond acceptors (Lipinski definition) is 4. The number of hydrogen-bond donors (Lipinski definition) is 1. The minimum absolute atomic E-state index is 0.133. The van der Waals surface area contributed by atoms with Crippen LogP contribution in [0.25, 0.3) is 10.9 Å². The first-order valence-electron chi connectivity index (χ1n) is 5.79. The predicted octanol–water partition coefficient (Wildman–Crippen LogP) is 1.94. The summed E-state index contributed by atoms with van der Waals surface area (Å²) in [7, 11) is 2.84. The molecule has 1 aromatic heterocycles. The number of aryl methyl sites for hydroxylation is 2. The minimum atomic E-state index is -0.571. The van der Waals surface area contributed by atoms with Crippen LogP contribution in [0.4, 0.5) is 0 Å². The van der Waals surface area contributed by atoms with E-state index in [-0.39, 0.29) is 11.1 Å². The highest BCUT2D eigenvalue weighted by Crippen LogP contribution is 2.28. The van der Waals surface area contributed by atoms with E-state index in [1.54, 1.807) is 13.2 Å². The van der Waals surface area contributed by atoms with E-state index in [1.165, 1.54) is 13.2 Å². The summed E-state index contributed by atoms with van der Waals surface area (Å²) in [6.45, 7) is 3.71. The summed E-state index contributed by atoms with van der Waals surface area (Å²) in [6, 6.07) is 3.00. The van der Waals surface area contributed by atoms with Gasteiger partial charge in [-0.15, -0.1) is 0 Å². The van der Waals surface area contributed by atoms with E-state index >= 15 is 0 Å². The van der Waals surface area contributed by atoms with E-state index in [0.29, 0.717) is 16.7 Å². The Morgan fingerprint density at radius 3 is 2.47 bits per heavy atom. The van der Waals surface area contributed by atoms with Crippen LogP contribution in [-0.2, 0) is 4.74 Å². The van der Waals surface area contributed by atoms with Crippen molar-refractivity contribution in [3.63, 3.8) is 0 Å². The van der Waals surface area contributed by atoms with Gasteiger partial charge in [-0.3, -0.25) is 4.79 Å². The smallest absolute Gasteiger partial charge is 0.354 e. The van der Waals surface area contributed by atoms with Gasteiger partial charge in [0.25, 0.3) is 0 Å². The van der Waals surface area contributed by atoms with Gasteiger partial charge in [-0.05, 0) is 25.5 Å². The fourth-order valence-electron chi connectivity index (χ4n) is 2.23. The molecule has 2 aromatic rings. The Labute approximate surface area is 110 Å². The third-order valence-corrected chi connectivity index (χ3v) is 3.11. The number of benzene rings is 1. The van der Waals surface area contributed by atoms with Gasteiger partial charge >= 0.3 is 5.97 Å². The lowest BCUT2D eigenvalue weighted by atomic mass is 10.0. The van der Waals surface area contributed by atoms with Gasteiger partial charge in [-0.1, -0.05) is 0 Å². The molecule has 0 saturated carbocycles. The van der Waals surface area contributed by atoms with Crippen molar-refractivity contribution in [1.29, 1.82) is 0 Å². The van der Waals surface area contributed by atoms with Gasteiger partial charge in [0.15, 0.2) is 5.43 Å². The summed E-state index contributed by atoms with van der Waals surface area (Å²) >= 11 is 0. The zero-order valence-corrected chi connectivity index (χ0v) is 11.3. The Bertz CT molecular complexity index is 715. The number of aromatic nitrogens is 1. The Morgan fingerprint density at radius 2 is 1.89 bits per heavy atom. The zero-order chi connectivity index (χ0) is 14.2. The first-order chi connectivity index (χ1) is 8.99. The molecule has 19 heavy (non-hydrogen) atoms. The monoisotopic (exact) mass is 261 g/mol. The van der Waals surface area contributed by atoms with Gasteiger partial charge in [-0.25, -0.2) is 4.79 Å². The molecule has 0 aliphatic rings. The molecular weight excluding hydrogens is 246 g/mol. The van der Waals surface area contributed by atoms with E-state index in [0.717, 1.165) is 11.1 Å². The minimum Gasteiger partial charge on any atom is -0.496 e. The van der Waals surface area contributed by atoms with Gasteiger partial charge in [0.05, 0.1) is 19.7 Å². The Kier molecular flexibility index (Phi) is 3.29. The number of esters is 1. The molecule has 0 radical (unpaired) electrons. The normalized spacial score (nSPS) is 10.5. The molecule has 2 rings (SSSR count). The molecule has 0 spiro atoms. The number of pyridine rings is 1. The standard InChI is InChI=1S/C14H15NO4/c1-7-5-9-11(16)6-10(14(17)19-4)15-12(9)8(2)13(7)18-3/h5-6H,1-4H3,(H,15,16). The van der Waals surface area contributed by atoms with E-state index < -0.39 is 5.97 Å². The van der Waals surface area contributed by atoms with Gasteiger partial charge in [-0.2, -0.15) is 0 Å². The van der Waals surface area contributed by atoms with Gasteiger partial charge in [0.2, 0.25) is 0 Å². The lowest BCUT2D eigenvalue weighted by Gasteiger charge is -2.12. The van der Waals surface area contributed by atoms with Gasteiger partial charge in [0, 0.05) is 17.0 Å². The number of fused-ring (bicyclic) bond motifs is 1. The maximum Gasteiger partial charge on any atom is 0.354 e. The molecule has 0 unspecified atom stereocenters. The third kappa shape index (κ3) is 2.07. The highest BCUT2D eigenvalue weighted by Gasteiger charge is 2.14. The number of H-pyrrole nitrogens is 1. The van der Waals surface area contributed by atoms with Crippen LogP contribution in [0, 0.1) is 13.8 Å². The number of nitrogens with one attached hydrogen (secondary N) is 1. The van der Waals surface area contributed by atoms with Crippen LogP contribution in [0.2, 0.25) is 0 Å². The van der Waals surface area contributed by atoms with E-state index in [2.05, 4.69) is 9.72 Å². The second kappa shape index (κ2) is 4.76. The summed E-state index contributed by atoms with van der Waals surface area (Å²) in [5, 5.41) is 0.531. The summed E-state index contributed by atoms with van der Waals surface area (Å²) in [5.74, 6) is 0.128. The molecule has 0 saturated heterocycles. The van der Waals surface area contributed by atoms with Crippen molar-refractivity contribution >= 4 is 16.9 Å². The third-order valence-electron chi connectivity index (χ3n) is 3.11. The first-order valence-corrected chi connectivity index (χ1v) is 5.79. The van der Waals surface area contributed by atoms with Crippen LogP contribution >= 0.6 is 0 Å². The Balaban J connectivity index is 2.87. The van der Waals surface area contributed by atoms with Crippen molar-refractivity contribution in [1.82, 2.24) is 4.98 Å². The van der Waals surface area contributed by atoms with Crippen molar-refractivity contribution in [3.8, 4) is 5.75 Å². The van der Waals surface area contributed by atoms with Crippen molar-refractivity contribution in [2.75, 3.05) is 14.2 Å².